The molecule has 0 amide bonds. The summed E-state index contributed by atoms with van der Waals surface area (Å²) in [5.41, 5.74) is 2.63. The maximum absolute atomic E-state index is 2.25. The fraction of sp³-hybridized carbons (Fsp3) is 0.333. The van der Waals surface area contributed by atoms with Crippen LogP contribution in [0.3, 0.4) is 0 Å². The number of hydrogen-bond donors (Lipinski definition) is 0. The van der Waals surface area contributed by atoms with Gasteiger partial charge < -0.3 is 0 Å². The molecule has 0 heterocycles. The molecule has 1 aromatic carbocycles. The summed E-state index contributed by atoms with van der Waals surface area (Å²) in [4.78, 5) is 0. The lowest BCUT2D eigenvalue weighted by molar-refractivity contribution is 0.815. The Bertz CT molecular complexity index is 317. The lowest BCUT2D eigenvalue weighted by Gasteiger charge is -1.98. The summed E-state index contributed by atoms with van der Waals surface area (Å²) in [7, 11) is 0. The minimum absolute atomic E-state index is 1.19. The van der Waals surface area contributed by atoms with Gasteiger partial charge in [0.1, 0.15) is 0 Å². The third-order valence-corrected chi connectivity index (χ3v) is 2.44. The molecule has 0 saturated heterocycles. The van der Waals surface area contributed by atoms with E-state index in [0.29, 0.717) is 0 Å². The van der Waals surface area contributed by atoms with Crippen LogP contribution in [0.25, 0.3) is 5.57 Å². The fourth-order valence-corrected chi connectivity index (χ4v) is 1.43. The van der Waals surface area contributed by atoms with Gasteiger partial charge in [0.05, 0.1) is 0 Å². The normalized spacial score (nSPS) is 12.3. The van der Waals surface area contributed by atoms with E-state index in [9.17, 15) is 0 Å². The zero-order chi connectivity index (χ0) is 10.9. The van der Waals surface area contributed by atoms with Gasteiger partial charge in [0.25, 0.3) is 0 Å². The molecule has 0 aliphatic heterocycles. The Morgan fingerprint density at radius 2 is 1.93 bits per heavy atom. The summed E-state index contributed by atoms with van der Waals surface area (Å²) in [6.45, 7) is 4.37. The van der Waals surface area contributed by atoms with E-state index in [2.05, 4.69) is 56.3 Å². The van der Waals surface area contributed by atoms with Gasteiger partial charge in [0.2, 0.25) is 0 Å². The molecule has 0 aromatic heterocycles. The molecule has 0 atom stereocenters. The van der Waals surface area contributed by atoms with E-state index in [4.69, 9.17) is 0 Å². The van der Waals surface area contributed by atoms with Crippen molar-refractivity contribution < 1.29 is 0 Å². The van der Waals surface area contributed by atoms with E-state index < -0.39 is 0 Å². The van der Waals surface area contributed by atoms with Gasteiger partial charge in [-0.2, -0.15) is 0 Å². The first kappa shape index (κ1) is 11.8. The molecule has 0 saturated carbocycles. The molecular formula is C15H20. The Kier molecular flexibility index (Phi) is 5.54. The first-order valence-corrected chi connectivity index (χ1v) is 5.73. The Morgan fingerprint density at radius 1 is 1.20 bits per heavy atom. The molecule has 0 nitrogen and oxygen atoms in total. The summed E-state index contributed by atoms with van der Waals surface area (Å²) in [6.07, 6.45) is 10.3. The Hall–Kier alpha value is -1.30. The summed E-state index contributed by atoms with van der Waals surface area (Å²) in [5, 5.41) is 0. The third kappa shape index (κ3) is 4.64. The molecule has 1 aromatic rings. The summed E-state index contributed by atoms with van der Waals surface area (Å²) < 4.78 is 0. The molecular weight excluding hydrogens is 180 g/mol. The van der Waals surface area contributed by atoms with Gasteiger partial charge in [-0.1, -0.05) is 68.3 Å². The maximum atomic E-state index is 2.25. The Balaban J connectivity index is 2.50. The lowest BCUT2D eigenvalue weighted by Crippen LogP contribution is -1.76. The monoisotopic (exact) mass is 200 g/mol. The highest BCUT2D eigenvalue weighted by molar-refractivity contribution is 5.64. The first-order chi connectivity index (χ1) is 7.34. The second-order valence-corrected chi connectivity index (χ2v) is 3.79. The quantitative estimate of drug-likeness (QED) is 0.471. The first-order valence-electron chi connectivity index (χ1n) is 5.73. The number of unbranched alkanes of at least 4 members (excludes halogenated alkanes) is 2. The van der Waals surface area contributed by atoms with Crippen molar-refractivity contribution >= 4 is 5.57 Å². The highest BCUT2D eigenvalue weighted by Crippen LogP contribution is 2.12. The standard InChI is InChI=1S/C15H20/c1-3-4-5-6-8-11-14(2)15-12-9-7-10-13-15/h6-13H,3-5H2,1-2H3/b8-6+,14-11+. The molecule has 0 spiro atoms. The molecule has 0 bridgehead atoms. The van der Waals surface area contributed by atoms with E-state index in [0.717, 1.165) is 0 Å². The fourth-order valence-electron chi connectivity index (χ4n) is 1.43. The van der Waals surface area contributed by atoms with Crippen molar-refractivity contribution in [2.75, 3.05) is 0 Å². The zero-order valence-corrected chi connectivity index (χ0v) is 9.74. The lowest BCUT2D eigenvalue weighted by atomic mass is 10.1. The molecule has 1 rings (SSSR count). The highest BCUT2D eigenvalue weighted by Gasteiger charge is 1.90. The predicted molar refractivity (Wildman–Crippen MR) is 68.8 cm³/mol. The summed E-state index contributed by atoms with van der Waals surface area (Å²) in [5.74, 6) is 0. The summed E-state index contributed by atoms with van der Waals surface area (Å²) >= 11 is 0. The number of allylic oxidation sites excluding steroid dienone is 4. The van der Waals surface area contributed by atoms with E-state index in [1.165, 1.54) is 30.4 Å². The van der Waals surface area contributed by atoms with Gasteiger partial charge in [-0.25, -0.2) is 0 Å². The molecule has 80 valence electrons. The molecule has 0 radical (unpaired) electrons. The third-order valence-electron chi connectivity index (χ3n) is 2.44. The van der Waals surface area contributed by atoms with Crippen LogP contribution in [0.1, 0.15) is 38.7 Å². The van der Waals surface area contributed by atoms with Crippen molar-refractivity contribution in [2.45, 2.75) is 33.1 Å². The second-order valence-electron chi connectivity index (χ2n) is 3.79. The van der Waals surface area contributed by atoms with Crippen LogP contribution in [-0.4, -0.2) is 0 Å². The van der Waals surface area contributed by atoms with Crippen molar-refractivity contribution in [3.8, 4) is 0 Å². The van der Waals surface area contributed by atoms with Crippen LogP contribution in [0.2, 0.25) is 0 Å². The molecule has 0 aliphatic carbocycles. The highest BCUT2D eigenvalue weighted by atomic mass is 14.0. The van der Waals surface area contributed by atoms with E-state index >= 15 is 0 Å². The topological polar surface area (TPSA) is 0 Å². The van der Waals surface area contributed by atoms with Gasteiger partial charge in [-0.05, 0) is 24.5 Å². The molecule has 0 fully saturated rings. The van der Waals surface area contributed by atoms with Crippen LogP contribution in [0.5, 0.6) is 0 Å². The molecule has 0 aliphatic rings. The average Bonchev–Trinajstić information content (AvgIpc) is 2.30. The largest absolute Gasteiger partial charge is 0.0845 e. The van der Waals surface area contributed by atoms with Crippen molar-refractivity contribution in [3.05, 3.63) is 54.1 Å². The SMILES string of the molecule is CCCC/C=C/C=C(\C)c1ccccc1. The van der Waals surface area contributed by atoms with Crippen LogP contribution in [-0.2, 0) is 0 Å². The minimum Gasteiger partial charge on any atom is -0.0845 e. The van der Waals surface area contributed by atoms with Crippen molar-refractivity contribution in [1.82, 2.24) is 0 Å². The van der Waals surface area contributed by atoms with Crippen molar-refractivity contribution in [3.63, 3.8) is 0 Å². The smallest absolute Gasteiger partial charge is 0.0227 e. The van der Waals surface area contributed by atoms with Gasteiger partial charge in [-0.15, -0.1) is 0 Å². The van der Waals surface area contributed by atoms with Crippen LogP contribution in [0, 0.1) is 0 Å². The Morgan fingerprint density at radius 3 is 2.60 bits per heavy atom. The summed E-state index contributed by atoms with van der Waals surface area (Å²) in [6, 6.07) is 10.5. The van der Waals surface area contributed by atoms with Crippen LogP contribution in [0.15, 0.2) is 48.6 Å². The van der Waals surface area contributed by atoms with Crippen LogP contribution in [0.4, 0.5) is 0 Å². The zero-order valence-electron chi connectivity index (χ0n) is 9.74. The van der Waals surface area contributed by atoms with Crippen molar-refractivity contribution in [2.24, 2.45) is 0 Å². The van der Waals surface area contributed by atoms with E-state index in [1.807, 2.05) is 6.07 Å². The molecule has 15 heavy (non-hydrogen) atoms. The molecule has 0 N–H and O–H groups in total. The maximum Gasteiger partial charge on any atom is -0.0227 e. The Labute approximate surface area is 93.3 Å². The van der Waals surface area contributed by atoms with Crippen LogP contribution < -0.4 is 0 Å². The van der Waals surface area contributed by atoms with Crippen LogP contribution >= 0.6 is 0 Å². The van der Waals surface area contributed by atoms with Gasteiger partial charge >= 0.3 is 0 Å². The van der Waals surface area contributed by atoms with Gasteiger partial charge in [0.15, 0.2) is 0 Å². The average molecular weight is 200 g/mol. The van der Waals surface area contributed by atoms with Gasteiger partial charge in [-0.3, -0.25) is 0 Å². The molecule has 0 unspecified atom stereocenters. The van der Waals surface area contributed by atoms with E-state index in [-0.39, 0.29) is 0 Å². The van der Waals surface area contributed by atoms with Gasteiger partial charge in [0, 0.05) is 0 Å². The predicted octanol–water partition coefficient (Wildman–Crippen LogP) is 4.84. The second kappa shape index (κ2) is 7.05. The molecule has 0 heteroatoms. The number of rotatable bonds is 5. The van der Waals surface area contributed by atoms with Crippen molar-refractivity contribution in [1.29, 1.82) is 0 Å². The minimum atomic E-state index is 1.19. The number of benzene rings is 1. The van der Waals surface area contributed by atoms with E-state index in [1.54, 1.807) is 0 Å². The number of hydrogen-bond acceptors (Lipinski definition) is 0.